The fraction of sp³-hybridized carbons (Fsp3) is 0.438. The van der Waals surface area contributed by atoms with Crippen LogP contribution in [0.1, 0.15) is 25.7 Å². The minimum Gasteiger partial charge on any atom is -0.326 e. The average Bonchev–Trinajstić information content (AvgIpc) is 3.03. The zero-order chi connectivity index (χ0) is 13.2. The summed E-state index contributed by atoms with van der Waals surface area (Å²) in [6.45, 7) is 0. The lowest BCUT2D eigenvalue weighted by Gasteiger charge is -2.04. The maximum Gasteiger partial charge on any atom is 0.228 e. The van der Waals surface area contributed by atoms with Crippen molar-refractivity contribution in [2.75, 3.05) is 5.32 Å². The van der Waals surface area contributed by atoms with Gasteiger partial charge in [0.05, 0.1) is 0 Å². The van der Waals surface area contributed by atoms with Gasteiger partial charge in [0.15, 0.2) is 0 Å². The van der Waals surface area contributed by atoms with Crippen molar-refractivity contribution in [3.05, 3.63) is 42.2 Å². The predicted molar refractivity (Wildman–Crippen MR) is 73.1 cm³/mol. The standard InChI is InChI=1S/C16H18FNO/c17-11-7-9-12(10-8-11)18-16(19)15-13-5-3-1-2-4-6-14(13)15/h1-2,7-10,13-15H,3-6H2,(H,18,19)/t13-,14-/m0/s1. The van der Waals surface area contributed by atoms with Gasteiger partial charge in [-0.1, -0.05) is 12.2 Å². The second-order valence-corrected chi connectivity index (χ2v) is 5.48. The number of carbonyl (C=O) groups is 1. The number of hydrogen-bond donors (Lipinski definition) is 1. The summed E-state index contributed by atoms with van der Waals surface area (Å²) in [5.41, 5.74) is 0.684. The number of rotatable bonds is 2. The van der Waals surface area contributed by atoms with E-state index >= 15 is 0 Å². The maximum absolute atomic E-state index is 12.8. The van der Waals surface area contributed by atoms with Crippen LogP contribution >= 0.6 is 0 Å². The Hall–Kier alpha value is -1.64. The first-order chi connectivity index (χ1) is 9.25. The highest BCUT2D eigenvalue weighted by atomic mass is 19.1. The van der Waals surface area contributed by atoms with Crippen molar-refractivity contribution in [1.82, 2.24) is 0 Å². The fourth-order valence-electron chi connectivity index (χ4n) is 3.19. The van der Waals surface area contributed by atoms with Crippen LogP contribution in [0.5, 0.6) is 0 Å². The lowest BCUT2D eigenvalue weighted by molar-refractivity contribution is -0.117. The predicted octanol–water partition coefficient (Wildman–Crippen LogP) is 3.76. The zero-order valence-electron chi connectivity index (χ0n) is 10.8. The van der Waals surface area contributed by atoms with E-state index in [1.165, 1.54) is 12.1 Å². The Labute approximate surface area is 112 Å². The Balaban J connectivity index is 1.61. The number of anilines is 1. The van der Waals surface area contributed by atoms with Gasteiger partial charge < -0.3 is 5.32 Å². The van der Waals surface area contributed by atoms with E-state index in [4.69, 9.17) is 0 Å². The van der Waals surface area contributed by atoms with Crippen molar-refractivity contribution in [1.29, 1.82) is 0 Å². The molecule has 2 aliphatic rings. The molecule has 0 unspecified atom stereocenters. The molecule has 1 amide bonds. The summed E-state index contributed by atoms with van der Waals surface area (Å²) in [5, 5.41) is 2.90. The highest BCUT2D eigenvalue weighted by molar-refractivity contribution is 5.94. The van der Waals surface area contributed by atoms with Crippen molar-refractivity contribution in [3.63, 3.8) is 0 Å². The molecule has 19 heavy (non-hydrogen) atoms. The van der Waals surface area contributed by atoms with E-state index < -0.39 is 0 Å². The van der Waals surface area contributed by atoms with Crippen LogP contribution in [0.3, 0.4) is 0 Å². The topological polar surface area (TPSA) is 29.1 Å². The van der Waals surface area contributed by atoms with Crippen LogP contribution in [-0.2, 0) is 4.79 Å². The molecular weight excluding hydrogens is 241 g/mol. The summed E-state index contributed by atoms with van der Waals surface area (Å²) >= 11 is 0. The lowest BCUT2D eigenvalue weighted by atomic mass is 10.1. The van der Waals surface area contributed by atoms with Gasteiger partial charge in [-0.15, -0.1) is 0 Å². The highest BCUT2D eigenvalue weighted by Gasteiger charge is 2.53. The van der Waals surface area contributed by atoms with E-state index in [1.807, 2.05) is 0 Å². The van der Waals surface area contributed by atoms with Gasteiger partial charge in [-0.2, -0.15) is 0 Å². The molecule has 2 nitrogen and oxygen atoms in total. The van der Waals surface area contributed by atoms with Gasteiger partial charge in [0.25, 0.3) is 0 Å². The molecule has 3 rings (SSSR count). The summed E-state index contributed by atoms with van der Waals surface area (Å²) < 4.78 is 12.8. The minimum absolute atomic E-state index is 0.100. The molecule has 100 valence electrons. The third-order valence-corrected chi connectivity index (χ3v) is 4.25. The summed E-state index contributed by atoms with van der Waals surface area (Å²) in [4.78, 5) is 12.2. The molecule has 1 saturated carbocycles. The molecule has 0 aliphatic heterocycles. The Morgan fingerprint density at radius 2 is 1.63 bits per heavy atom. The molecule has 1 N–H and O–H groups in total. The van der Waals surface area contributed by atoms with Crippen molar-refractivity contribution < 1.29 is 9.18 Å². The lowest BCUT2D eigenvalue weighted by Crippen LogP contribution is -2.15. The van der Waals surface area contributed by atoms with E-state index in [0.29, 0.717) is 17.5 Å². The summed E-state index contributed by atoms with van der Waals surface area (Å²) in [6.07, 6.45) is 8.85. The third kappa shape index (κ3) is 2.70. The first-order valence-corrected chi connectivity index (χ1v) is 6.97. The molecule has 2 aliphatic carbocycles. The van der Waals surface area contributed by atoms with Gasteiger partial charge in [0, 0.05) is 11.6 Å². The molecular formula is C16H18FNO. The minimum atomic E-state index is -0.280. The van der Waals surface area contributed by atoms with Gasteiger partial charge in [0.1, 0.15) is 5.82 Å². The molecule has 3 heteroatoms. The molecule has 2 atom stereocenters. The number of halogens is 1. The molecule has 0 saturated heterocycles. The summed E-state index contributed by atoms with van der Waals surface area (Å²) in [7, 11) is 0. The molecule has 1 fully saturated rings. The molecule has 0 heterocycles. The number of benzene rings is 1. The zero-order valence-corrected chi connectivity index (χ0v) is 10.8. The number of allylic oxidation sites excluding steroid dienone is 2. The number of carbonyl (C=O) groups excluding carboxylic acids is 1. The van der Waals surface area contributed by atoms with Crippen LogP contribution in [0, 0.1) is 23.6 Å². The van der Waals surface area contributed by atoms with Crippen LogP contribution in [0.15, 0.2) is 36.4 Å². The van der Waals surface area contributed by atoms with Crippen molar-refractivity contribution >= 4 is 11.6 Å². The number of nitrogens with one attached hydrogen (secondary N) is 1. The van der Waals surface area contributed by atoms with E-state index in [0.717, 1.165) is 25.7 Å². The summed E-state index contributed by atoms with van der Waals surface area (Å²) in [5.74, 6) is 1.07. The summed E-state index contributed by atoms with van der Waals surface area (Å²) in [6, 6.07) is 5.96. The molecule has 0 aromatic heterocycles. The highest BCUT2D eigenvalue weighted by Crippen LogP contribution is 2.53. The number of amides is 1. The first kappa shape index (κ1) is 12.4. The Morgan fingerprint density at radius 1 is 1.05 bits per heavy atom. The molecule has 0 spiro atoms. The number of fused-ring (bicyclic) bond motifs is 1. The van der Waals surface area contributed by atoms with Gasteiger partial charge >= 0.3 is 0 Å². The smallest absolute Gasteiger partial charge is 0.228 e. The Kier molecular flexibility index (Phi) is 3.36. The molecule has 1 aromatic rings. The van der Waals surface area contributed by atoms with Gasteiger partial charge in [-0.05, 0) is 61.8 Å². The van der Waals surface area contributed by atoms with E-state index in [2.05, 4.69) is 17.5 Å². The second kappa shape index (κ2) is 5.16. The SMILES string of the molecule is O=C(Nc1ccc(F)cc1)C1[C@H]2CCC=CCC[C@H]12. The van der Waals surface area contributed by atoms with E-state index in [-0.39, 0.29) is 17.6 Å². The van der Waals surface area contributed by atoms with Crippen molar-refractivity contribution in [2.24, 2.45) is 17.8 Å². The average molecular weight is 259 g/mol. The normalized spacial score (nSPS) is 29.0. The van der Waals surface area contributed by atoms with Gasteiger partial charge in [-0.3, -0.25) is 4.79 Å². The fourth-order valence-corrected chi connectivity index (χ4v) is 3.19. The molecule has 1 aromatic carbocycles. The van der Waals surface area contributed by atoms with Crippen LogP contribution in [0.2, 0.25) is 0 Å². The third-order valence-electron chi connectivity index (χ3n) is 4.25. The van der Waals surface area contributed by atoms with Gasteiger partial charge in [-0.25, -0.2) is 4.39 Å². The first-order valence-electron chi connectivity index (χ1n) is 6.97. The Morgan fingerprint density at radius 3 is 2.21 bits per heavy atom. The quantitative estimate of drug-likeness (QED) is 0.805. The largest absolute Gasteiger partial charge is 0.326 e. The second-order valence-electron chi connectivity index (χ2n) is 5.48. The Bertz CT molecular complexity index is 478. The van der Waals surface area contributed by atoms with Crippen LogP contribution in [-0.4, -0.2) is 5.91 Å². The van der Waals surface area contributed by atoms with Crippen molar-refractivity contribution in [2.45, 2.75) is 25.7 Å². The van der Waals surface area contributed by atoms with Crippen LogP contribution < -0.4 is 5.32 Å². The van der Waals surface area contributed by atoms with Gasteiger partial charge in [0.2, 0.25) is 5.91 Å². The maximum atomic E-state index is 12.8. The van der Waals surface area contributed by atoms with E-state index in [1.54, 1.807) is 12.1 Å². The molecule has 0 bridgehead atoms. The molecule has 0 radical (unpaired) electrons. The monoisotopic (exact) mass is 259 g/mol. The van der Waals surface area contributed by atoms with Crippen LogP contribution in [0.4, 0.5) is 10.1 Å². The van der Waals surface area contributed by atoms with Crippen LogP contribution in [0.25, 0.3) is 0 Å². The van der Waals surface area contributed by atoms with Crippen molar-refractivity contribution in [3.8, 4) is 0 Å². The van der Waals surface area contributed by atoms with E-state index in [9.17, 15) is 9.18 Å². The number of hydrogen-bond acceptors (Lipinski definition) is 1.